The maximum atomic E-state index is 11.3. The van der Waals surface area contributed by atoms with Crippen molar-refractivity contribution in [2.45, 2.75) is 58.0 Å². The topological polar surface area (TPSA) is 58.2 Å². The first kappa shape index (κ1) is 12.4. The minimum absolute atomic E-state index is 0.00846. The average molecular weight is 238 g/mol. The molecule has 0 unspecified atom stereocenters. The summed E-state index contributed by atoms with van der Waals surface area (Å²) in [6.45, 7) is 5.31. The van der Waals surface area contributed by atoms with E-state index in [1.165, 1.54) is 0 Å². The number of hydrogen-bond acceptors (Lipinski definition) is 2. The van der Waals surface area contributed by atoms with E-state index in [0.29, 0.717) is 17.9 Å². The number of carbonyl (C=O) groups is 2. The smallest absolute Gasteiger partial charge is 0.217 e. The number of nitrogens with one attached hydrogen (secondary N) is 2. The third-order valence-electron chi connectivity index (χ3n) is 4.55. The quantitative estimate of drug-likeness (QED) is 0.776. The van der Waals surface area contributed by atoms with Crippen LogP contribution in [-0.2, 0) is 9.59 Å². The van der Waals surface area contributed by atoms with Gasteiger partial charge in [-0.2, -0.15) is 0 Å². The number of hydrogen-bond donors (Lipinski definition) is 2. The molecule has 96 valence electrons. The third-order valence-corrected chi connectivity index (χ3v) is 4.55. The van der Waals surface area contributed by atoms with Gasteiger partial charge in [0.15, 0.2) is 0 Å². The highest BCUT2D eigenvalue weighted by Gasteiger charge is 2.54. The van der Waals surface area contributed by atoms with E-state index in [2.05, 4.69) is 17.6 Å². The number of fused-ring (bicyclic) bond motifs is 2. The highest BCUT2D eigenvalue weighted by Crippen LogP contribution is 2.52. The van der Waals surface area contributed by atoms with E-state index in [-0.39, 0.29) is 17.4 Å². The Kier molecular flexibility index (Phi) is 3.15. The largest absolute Gasteiger partial charge is 0.353 e. The van der Waals surface area contributed by atoms with E-state index >= 15 is 0 Å². The van der Waals surface area contributed by atoms with Crippen LogP contribution in [0.2, 0.25) is 0 Å². The zero-order chi connectivity index (χ0) is 12.6. The van der Waals surface area contributed by atoms with Crippen molar-refractivity contribution in [2.24, 2.45) is 11.8 Å². The molecule has 4 atom stereocenters. The van der Waals surface area contributed by atoms with Crippen LogP contribution in [0.1, 0.15) is 46.5 Å². The first-order valence-corrected chi connectivity index (χ1v) is 6.52. The average Bonchev–Trinajstić information content (AvgIpc) is 2.73. The first-order chi connectivity index (χ1) is 7.97. The van der Waals surface area contributed by atoms with Crippen molar-refractivity contribution in [2.75, 3.05) is 0 Å². The molecule has 0 aliphatic heterocycles. The molecule has 2 amide bonds. The van der Waals surface area contributed by atoms with Gasteiger partial charge in [0.25, 0.3) is 0 Å². The van der Waals surface area contributed by atoms with E-state index in [1.807, 2.05) is 0 Å². The molecule has 0 radical (unpaired) electrons. The molecule has 2 N–H and O–H groups in total. The monoisotopic (exact) mass is 238 g/mol. The normalized spacial score (nSPS) is 39.1. The summed E-state index contributed by atoms with van der Waals surface area (Å²) in [5.74, 6) is 1.19. The van der Waals surface area contributed by atoms with Gasteiger partial charge >= 0.3 is 0 Å². The summed E-state index contributed by atoms with van der Waals surface area (Å²) in [7, 11) is 0. The molecule has 0 aromatic heterocycles. The zero-order valence-electron chi connectivity index (χ0n) is 10.9. The highest BCUT2D eigenvalue weighted by molar-refractivity contribution is 5.74. The van der Waals surface area contributed by atoms with Gasteiger partial charge in [-0.15, -0.1) is 0 Å². The Morgan fingerprint density at radius 1 is 1.24 bits per heavy atom. The molecule has 17 heavy (non-hydrogen) atoms. The Morgan fingerprint density at radius 3 is 2.35 bits per heavy atom. The van der Waals surface area contributed by atoms with Gasteiger partial charge < -0.3 is 10.6 Å². The molecule has 2 bridgehead atoms. The van der Waals surface area contributed by atoms with E-state index in [4.69, 9.17) is 0 Å². The van der Waals surface area contributed by atoms with E-state index < -0.39 is 0 Å². The van der Waals surface area contributed by atoms with Crippen LogP contribution in [0.5, 0.6) is 0 Å². The SMILES string of the molecule is CC[C@@]1(NC(C)=O)C[C@H]2C[C@@H]1C[C@@H]2NC(C)=O. The third kappa shape index (κ3) is 2.17. The molecule has 2 rings (SSSR count). The van der Waals surface area contributed by atoms with Gasteiger partial charge in [0, 0.05) is 25.4 Å². The van der Waals surface area contributed by atoms with Crippen LogP contribution in [0.3, 0.4) is 0 Å². The number of amides is 2. The van der Waals surface area contributed by atoms with Gasteiger partial charge in [0.05, 0.1) is 0 Å². The minimum Gasteiger partial charge on any atom is -0.353 e. The lowest BCUT2D eigenvalue weighted by Gasteiger charge is -2.40. The lowest BCUT2D eigenvalue weighted by molar-refractivity contribution is -0.123. The van der Waals surface area contributed by atoms with E-state index in [1.54, 1.807) is 13.8 Å². The molecule has 0 spiro atoms. The van der Waals surface area contributed by atoms with Crippen molar-refractivity contribution < 1.29 is 9.59 Å². The molecule has 0 aromatic rings. The van der Waals surface area contributed by atoms with Crippen LogP contribution in [-0.4, -0.2) is 23.4 Å². The van der Waals surface area contributed by atoms with Gasteiger partial charge in [0.1, 0.15) is 0 Å². The predicted molar refractivity (Wildman–Crippen MR) is 65.3 cm³/mol. The molecular formula is C13H22N2O2. The van der Waals surface area contributed by atoms with Crippen molar-refractivity contribution in [3.63, 3.8) is 0 Å². The summed E-state index contributed by atoms with van der Waals surface area (Å²) in [5.41, 5.74) is -0.00846. The van der Waals surface area contributed by atoms with Crippen molar-refractivity contribution in [1.29, 1.82) is 0 Å². The second-order valence-electron chi connectivity index (χ2n) is 5.63. The van der Waals surface area contributed by atoms with Gasteiger partial charge in [-0.05, 0) is 37.5 Å². The van der Waals surface area contributed by atoms with Crippen molar-refractivity contribution >= 4 is 11.8 Å². The Bertz CT molecular complexity index is 342. The molecule has 0 aromatic carbocycles. The Morgan fingerprint density at radius 2 is 1.94 bits per heavy atom. The molecule has 0 heterocycles. The maximum absolute atomic E-state index is 11.3. The summed E-state index contributed by atoms with van der Waals surface area (Å²) >= 11 is 0. The fourth-order valence-electron chi connectivity index (χ4n) is 3.90. The molecule has 4 nitrogen and oxygen atoms in total. The molecule has 2 saturated carbocycles. The molecule has 2 aliphatic rings. The molecule has 2 fully saturated rings. The summed E-state index contributed by atoms with van der Waals surface area (Å²) in [5, 5.41) is 6.20. The van der Waals surface area contributed by atoms with Crippen LogP contribution in [0.4, 0.5) is 0 Å². The van der Waals surface area contributed by atoms with Crippen molar-refractivity contribution in [1.82, 2.24) is 10.6 Å². The Hall–Kier alpha value is -1.06. The number of carbonyl (C=O) groups excluding carboxylic acids is 2. The summed E-state index contributed by atoms with van der Waals surface area (Å²) < 4.78 is 0. The van der Waals surface area contributed by atoms with Crippen LogP contribution >= 0.6 is 0 Å². The summed E-state index contributed by atoms with van der Waals surface area (Å²) in [4.78, 5) is 22.4. The Labute approximate surface area is 103 Å². The minimum atomic E-state index is -0.00846. The first-order valence-electron chi connectivity index (χ1n) is 6.52. The van der Waals surface area contributed by atoms with Crippen LogP contribution in [0.25, 0.3) is 0 Å². The van der Waals surface area contributed by atoms with E-state index in [9.17, 15) is 9.59 Å². The number of rotatable bonds is 3. The maximum Gasteiger partial charge on any atom is 0.217 e. The van der Waals surface area contributed by atoms with Crippen LogP contribution in [0.15, 0.2) is 0 Å². The lowest BCUT2D eigenvalue weighted by Crippen LogP contribution is -2.54. The molecule has 0 saturated heterocycles. The second kappa shape index (κ2) is 4.31. The van der Waals surface area contributed by atoms with Gasteiger partial charge in [0.2, 0.25) is 11.8 Å². The standard InChI is InChI=1S/C13H22N2O2/c1-4-13(15-9(3)17)7-10-5-11(13)6-12(10)14-8(2)16/h10-12H,4-7H2,1-3H3,(H,14,16)(H,15,17)/t10-,11-,12+,13-/m1/s1. The van der Waals surface area contributed by atoms with Gasteiger partial charge in [-0.3, -0.25) is 9.59 Å². The van der Waals surface area contributed by atoms with E-state index in [0.717, 1.165) is 25.7 Å². The van der Waals surface area contributed by atoms with Crippen LogP contribution < -0.4 is 10.6 Å². The molecule has 2 aliphatic carbocycles. The molecular weight excluding hydrogens is 216 g/mol. The fraction of sp³-hybridized carbons (Fsp3) is 0.846. The van der Waals surface area contributed by atoms with Gasteiger partial charge in [-0.25, -0.2) is 0 Å². The predicted octanol–water partition coefficient (Wildman–Crippen LogP) is 1.21. The lowest BCUT2D eigenvalue weighted by atomic mass is 9.77. The molecule has 4 heteroatoms. The fourth-order valence-corrected chi connectivity index (χ4v) is 3.90. The van der Waals surface area contributed by atoms with Gasteiger partial charge in [-0.1, -0.05) is 6.92 Å². The highest BCUT2D eigenvalue weighted by atomic mass is 16.2. The van der Waals surface area contributed by atoms with Crippen LogP contribution in [0, 0.1) is 11.8 Å². The Balaban J connectivity index is 2.04. The van der Waals surface area contributed by atoms with Crippen molar-refractivity contribution in [3.8, 4) is 0 Å². The summed E-state index contributed by atoms with van der Waals surface area (Å²) in [6.07, 6.45) is 4.15. The second-order valence-corrected chi connectivity index (χ2v) is 5.63. The van der Waals surface area contributed by atoms with Crippen molar-refractivity contribution in [3.05, 3.63) is 0 Å². The summed E-state index contributed by atoms with van der Waals surface area (Å²) in [6, 6.07) is 0.325. The zero-order valence-corrected chi connectivity index (χ0v) is 10.9.